The lowest BCUT2D eigenvalue weighted by Gasteiger charge is -2.26. The molecule has 2 rings (SSSR count). The SMILES string of the molecule is CCc1nn(C)c(CC(NC)C2CCCCCC2)c1Cl. The molecule has 1 heterocycles. The highest BCUT2D eigenvalue weighted by atomic mass is 35.5. The summed E-state index contributed by atoms with van der Waals surface area (Å²) in [6.07, 6.45) is 10.1. The molecule has 0 saturated heterocycles. The number of halogens is 1. The van der Waals surface area contributed by atoms with Crippen molar-refractivity contribution in [3.8, 4) is 0 Å². The molecule has 1 aliphatic carbocycles. The Morgan fingerprint density at radius 1 is 1.30 bits per heavy atom. The Bertz CT molecular complexity index is 420. The van der Waals surface area contributed by atoms with E-state index in [1.165, 1.54) is 44.2 Å². The summed E-state index contributed by atoms with van der Waals surface area (Å²) in [4.78, 5) is 0. The Labute approximate surface area is 128 Å². The summed E-state index contributed by atoms with van der Waals surface area (Å²) in [6.45, 7) is 2.11. The monoisotopic (exact) mass is 297 g/mol. The van der Waals surface area contributed by atoms with Crippen molar-refractivity contribution in [3.05, 3.63) is 16.4 Å². The predicted molar refractivity (Wildman–Crippen MR) is 85.3 cm³/mol. The van der Waals surface area contributed by atoms with E-state index >= 15 is 0 Å². The first kappa shape index (κ1) is 15.8. The first-order valence-corrected chi connectivity index (χ1v) is 8.42. The van der Waals surface area contributed by atoms with Gasteiger partial charge in [0.25, 0.3) is 0 Å². The Morgan fingerprint density at radius 3 is 2.45 bits per heavy atom. The minimum atomic E-state index is 0.519. The molecular weight excluding hydrogens is 270 g/mol. The van der Waals surface area contributed by atoms with Gasteiger partial charge in [0.2, 0.25) is 0 Å². The van der Waals surface area contributed by atoms with Crippen LogP contribution < -0.4 is 5.32 Å². The van der Waals surface area contributed by atoms with Gasteiger partial charge in [-0.3, -0.25) is 4.68 Å². The van der Waals surface area contributed by atoms with Gasteiger partial charge in [-0.2, -0.15) is 5.10 Å². The smallest absolute Gasteiger partial charge is 0.0850 e. The summed E-state index contributed by atoms with van der Waals surface area (Å²) in [7, 11) is 4.10. The highest BCUT2D eigenvalue weighted by Gasteiger charge is 2.24. The lowest BCUT2D eigenvalue weighted by Crippen LogP contribution is -2.36. The molecule has 0 aromatic carbocycles. The molecule has 0 amide bonds. The standard InChI is InChI=1S/C16H28ClN3/c1-4-13-16(17)15(20(3)19-13)11-14(18-2)12-9-7-5-6-8-10-12/h12,14,18H,4-11H2,1-3H3. The van der Waals surface area contributed by atoms with Crippen LogP contribution >= 0.6 is 11.6 Å². The number of nitrogens with zero attached hydrogens (tertiary/aromatic N) is 2. The zero-order chi connectivity index (χ0) is 14.5. The maximum atomic E-state index is 6.49. The van der Waals surface area contributed by atoms with Gasteiger partial charge in [-0.25, -0.2) is 0 Å². The van der Waals surface area contributed by atoms with Gasteiger partial charge in [0, 0.05) is 19.5 Å². The molecule has 4 heteroatoms. The number of hydrogen-bond acceptors (Lipinski definition) is 2. The van der Waals surface area contributed by atoms with Crippen LogP contribution in [-0.4, -0.2) is 22.9 Å². The summed E-state index contributed by atoms with van der Waals surface area (Å²) >= 11 is 6.49. The van der Waals surface area contributed by atoms with Crippen LogP contribution in [0.4, 0.5) is 0 Å². The molecule has 0 radical (unpaired) electrons. The Kier molecular flexibility index (Phi) is 5.91. The average Bonchev–Trinajstić information content (AvgIpc) is 2.67. The topological polar surface area (TPSA) is 29.9 Å². The third-order valence-electron chi connectivity index (χ3n) is 4.76. The van der Waals surface area contributed by atoms with Crippen molar-refractivity contribution >= 4 is 11.6 Å². The number of rotatable bonds is 5. The van der Waals surface area contributed by atoms with Gasteiger partial charge >= 0.3 is 0 Å². The molecule has 20 heavy (non-hydrogen) atoms. The van der Waals surface area contributed by atoms with Crippen molar-refractivity contribution in [3.63, 3.8) is 0 Å². The number of aromatic nitrogens is 2. The van der Waals surface area contributed by atoms with Crippen molar-refractivity contribution in [1.29, 1.82) is 0 Å². The number of aryl methyl sites for hydroxylation is 2. The summed E-state index contributed by atoms with van der Waals surface area (Å²) < 4.78 is 1.97. The molecule has 0 bridgehead atoms. The van der Waals surface area contributed by atoms with E-state index in [4.69, 9.17) is 11.6 Å². The van der Waals surface area contributed by atoms with Crippen molar-refractivity contribution in [2.45, 2.75) is 64.3 Å². The Balaban J connectivity index is 2.11. The van der Waals surface area contributed by atoms with Crippen molar-refractivity contribution in [2.75, 3.05) is 7.05 Å². The fraction of sp³-hybridized carbons (Fsp3) is 0.812. The van der Waals surface area contributed by atoms with Gasteiger partial charge in [0.1, 0.15) is 0 Å². The predicted octanol–water partition coefficient (Wildman–Crippen LogP) is 3.74. The molecule has 0 spiro atoms. The second-order valence-electron chi connectivity index (χ2n) is 6.04. The number of nitrogens with one attached hydrogen (secondary N) is 1. The lowest BCUT2D eigenvalue weighted by atomic mass is 9.89. The molecule has 1 fully saturated rings. The molecule has 1 unspecified atom stereocenters. The highest BCUT2D eigenvalue weighted by molar-refractivity contribution is 6.31. The molecule has 1 N–H and O–H groups in total. The first-order chi connectivity index (χ1) is 9.67. The average molecular weight is 298 g/mol. The summed E-state index contributed by atoms with van der Waals surface area (Å²) in [5, 5.41) is 8.95. The van der Waals surface area contributed by atoms with Crippen LogP contribution in [0.1, 0.15) is 56.8 Å². The summed E-state index contributed by atoms with van der Waals surface area (Å²) in [5.41, 5.74) is 2.21. The van der Waals surface area contributed by atoms with E-state index in [-0.39, 0.29) is 0 Å². The van der Waals surface area contributed by atoms with Gasteiger partial charge in [0.05, 0.1) is 16.4 Å². The molecular formula is C16H28ClN3. The lowest BCUT2D eigenvalue weighted by molar-refractivity contribution is 0.328. The third-order valence-corrected chi connectivity index (χ3v) is 5.19. The maximum Gasteiger partial charge on any atom is 0.0850 e. The molecule has 1 aromatic rings. The van der Waals surface area contributed by atoms with E-state index < -0.39 is 0 Å². The van der Waals surface area contributed by atoms with Crippen LogP contribution in [0, 0.1) is 5.92 Å². The largest absolute Gasteiger partial charge is 0.316 e. The molecule has 1 saturated carbocycles. The molecule has 1 atom stereocenters. The minimum absolute atomic E-state index is 0.519. The van der Waals surface area contributed by atoms with Crippen LogP contribution in [0.2, 0.25) is 5.02 Å². The second kappa shape index (κ2) is 7.46. The van der Waals surface area contributed by atoms with Crippen molar-refractivity contribution < 1.29 is 0 Å². The third kappa shape index (κ3) is 3.56. The van der Waals surface area contributed by atoms with Gasteiger partial charge < -0.3 is 5.32 Å². The number of hydrogen-bond donors (Lipinski definition) is 1. The second-order valence-corrected chi connectivity index (χ2v) is 6.41. The minimum Gasteiger partial charge on any atom is -0.316 e. The van der Waals surface area contributed by atoms with Gasteiger partial charge in [-0.1, -0.05) is 44.2 Å². The van der Waals surface area contributed by atoms with Crippen LogP contribution in [0.15, 0.2) is 0 Å². The maximum absolute atomic E-state index is 6.49. The summed E-state index contributed by atoms with van der Waals surface area (Å²) in [6, 6.07) is 0.519. The molecule has 114 valence electrons. The quantitative estimate of drug-likeness (QED) is 0.839. The Hall–Kier alpha value is -0.540. The fourth-order valence-electron chi connectivity index (χ4n) is 3.47. The van der Waals surface area contributed by atoms with Crippen molar-refractivity contribution in [2.24, 2.45) is 13.0 Å². The van der Waals surface area contributed by atoms with Crippen LogP contribution in [-0.2, 0) is 19.9 Å². The van der Waals surface area contributed by atoms with Crippen LogP contribution in [0.3, 0.4) is 0 Å². The van der Waals surface area contributed by atoms with Crippen molar-refractivity contribution in [1.82, 2.24) is 15.1 Å². The zero-order valence-corrected chi connectivity index (χ0v) is 13.8. The fourth-order valence-corrected chi connectivity index (χ4v) is 3.84. The van der Waals surface area contributed by atoms with Gasteiger partial charge in [-0.05, 0) is 32.2 Å². The molecule has 1 aromatic heterocycles. The van der Waals surface area contributed by atoms with E-state index in [0.717, 1.165) is 29.5 Å². The van der Waals surface area contributed by atoms with E-state index in [1.807, 2.05) is 11.7 Å². The summed E-state index contributed by atoms with van der Waals surface area (Å²) in [5.74, 6) is 0.776. The van der Waals surface area contributed by atoms with Gasteiger partial charge in [-0.15, -0.1) is 0 Å². The van der Waals surface area contributed by atoms with E-state index in [1.54, 1.807) is 0 Å². The first-order valence-electron chi connectivity index (χ1n) is 8.04. The molecule has 1 aliphatic rings. The van der Waals surface area contributed by atoms with Gasteiger partial charge in [0.15, 0.2) is 0 Å². The van der Waals surface area contributed by atoms with E-state index in [9.17, 15) is 0 Å². The van der Waals surface area contributed by atoms with Crippen LogP contribution in [0.25, 0.3) is 0 Å². The van der Waals surface area contributed by atoms with E-state index in [2.05, 4.69) is 24.4 Å². The number of likely N-dealkylation sites (N-methyl/N-ethyl adjacent to an activating group) is 1. The van der Waals surface area contributed by atoms with Crippen LogP contribution in [0.5, 0.6) is 0 Å². The van der Waals surface area contributed by atoms with E-state index in [0.29, 0.717) is 6.04 Å². The normalized spacial score (nSPS) is 19.0. The molecule has 3 nitrogen and oxygen atoms in total. The molecule has 0 aliphatic heterocycles. The Morgan fingerprint density at radius 2 is 1.95 bits per heavy atom. The zero-order valence-electron chi connectivity index (χ0n) is 13.1. The highest BCUT2D eigenvalue weighted by Crippen LogP contribution is 2.29.